The summed E-state index contributed by atoms with van der Waals surface area (Å²) in [6.45, 7) is 3.50. The quantitative estimate of drug-likeness (QED) is 0.410. The van der Waals surface area contributed by atoms with Gasteiger partial charge in [0, 0.05) is 39.0 Å². The van der Waals surface area contributed by atoms with Gasteiger partial charge in [-0.1, -0.05) is 41.9 Å². The number of aromatic nitrogens is 1. The van der Waals surface area contributed by atoms with Gasteiger partial charge in [-0.25, -0.2) is 9.78 Å². The Bertz CT molecular complexity index is 1350. The first-order valence-corrected chi connectivity index (χ1v) is 12.1. The topological polar surface area (TPSA) is 89.9 Å². The second-order valence-corrected chi connectivity index (χ2v) is 9.26. The van der Waals surface area contributed by atoms with Crippen LogP contribution in [0.5, 0.6) is 0 Å². The number of anilines is 2. The molecule has 4 rings (SSSR count). The molecule has 0 bridgehead atoms. The number of thiazole rings is 1. The second-order valence-electron chi connectivity index (χ2n) is 7.99. The predicted molar refractivity (Wildman–Crippen MR) is 138 cm³/mol. The minimum Gasteiger partial charge on any atom is -0.468 e. The lowest BCUT2D eigenvalue weighted by Crippen LogP contribution is -2.36. The molecule has 0 saturated carbocycles. The third kappa shape index (κ3) is 4.99. The Hall–Kier alpha value is -3.49. The van der Waals surface area contributed by atoms with E-state index < -0.39 is 23.8 Å². The molecule has 180 valence electrons. The Labute approximate surface area is 212 Å². The number of carbonyl (C=O) groups excluding carboxylic acids is 2. The van der Waals surface area contributed by atoms with E-state index in [9.17, 15) is 9.59 Å². The van der Waals surface area contributed by atoms with Gasteiger partial charge in [0.05, 0.1) is 25.5 Å². The zero-order chi connectivity index (χ0) is 25.1. The molecule has 2 unspecified atom stereocenters. The molecule has 0 fully saturated rings. The number of nitrogens with one attached hydrogen (secondary N) is 1. The fourth-order valence-electron chi connectivity index (χ4n) is 4.26. The summed E-state index contributed by atoms with van der Waals surface area (Å²) >= 11 is 7.77. The number of methoxy groups -OCH3 is 2. The van der Waals surface area contributed by atoms with E-state index in [-0.39, 0.29) is 0 Å². The van der Waals surface area contributed by atoms with E-state index in [0.29, 0.717) is 27.1 Å². The van der Waals surface area contributed by atoms with E-state index in [0.717, 1.165) is 22.5 Å². The second kappa shape index (κ2) is 10.4. The highest BCUT2D eigenvalue weighted by Gasteiger charge is 2.42. The van der Waals surface area contributed by atoms with Crippen LogP contribution in [0.25, 0.3) is 11.3 Å². The molecule has 0 aliphatic carbocycles. The molecule has 1 aromatic heterocycles. The van der Waals surface area contributed by atoms with Gasteiger partial charge in [-0.3, -0.25) is 9.79 Å². The minimum atomic E-state index is -0.750. The number of esters is 2. The van der Waals surface area contributed by atoms with Crippen LogP contribution in [0.2, 0.25) is 5.02 Å². The third-order valence-electron chi connectivity index (χ3n) is 5.84. The molecular formula is C26H24ClN3O4S. The number of rotatable bonds is 6. The summed E-state index contributed by atoms with van der Waals surface area (Å²) < 4.78 is 10.1. The Kier molecular flexibility index (Phi) is 7.33. The summed E-state index contributed by atoms with van der Waals surface area (Å²) in [5.41, 5.74) is 4.57. The number of hydrogen-bond acceptors (Lipinski definition) is 8. The smallest absolute Gasteiger partial charge is 0.336 e. The molecule has 0 spiro atoms. The fourth-order valence-corrected chi connectivity index (χ4v) is 5.23. The largest absolute Gasteiger partial charge is 0.468 e. The molecule has 2 atom stereocenters. The van der Waals surface area contributed by atoms with E-state index in [2.05, 4.69) is 15.3 Å². The van der Waals surface area contributed by atoms with Crippen molar-refractivity contribution in [3.05, 3.63) is 75.8 Å². The summed E-state index contributed by atoms with van der Waals surface area (Å²) in [5.74, 6) is -2.35. The van der Waals surface area contributed by atoms with Crippen molar-refractivity contribution in [1.82, 2.24) is 4.98 Å². The maximum Gasteiger partial charge on any atom is 0.336 e. The van der Waals surface area contributed by atoms with Crippen LogP contribution in [0, 0.1) is 5.92 Å². The number of benzene rings is 2. The van der Waals surface area contributed by atoms with Crippen molar-refractivity contribution in [3.63, 3.8) is 0 Å². The first kappa shape index (κ1) is 24.6. The van der Waals surface area contributed by atoms with E-state index in [4.69, 9.17) is 21.1 Å². The molecule has 9 heteroatoms. The first-order valence-electron chi connectivity index (χ1n) is 10.8. The van der Waals surface area contributed by atoms with Gasteiger partial charge < -0.3 is 14.8 Å². The van der Waals surface area contributed by atoms with Gasteiger partial charge in [0.15, 0.2) is 5.13 Å². The molecule has 0 amide bonds. The zero-order valence-corrected chi connectivity index (χ0v) is 21.2. The van der Waals surface area contributed by atoms with Crippen LogP contribution in [0.15, 0.2) is 70.2 Å². The summed E-state index contributed by atoms with van der Waals surface area (Å²) in [7, 11) is 2.64. The van der Waals surface area contributed by atoms with Crippen LogP contribution in [0.1, 0.15) is 25.3 Å². The van der Waals surface area contributed by atoms with Crippen LogP contribution in [0.3, 0.4) is 0 Å². The molecule has 1 aliphatic rings. The predicted octanol–water partition coefficient (Wildman–Crippen LogP) is 6.00. The third-order valence-corrected chi connectivity index (χ3v) is 6.93. The summed E-state index contributed by atoms with van der Waals surface area (Å²) in [5, 5.41) is 6.57. The standard InChI is InChI=1S/C26H24ClN3O4S/c1-14-21(24(31)33-3)23(22(15(2)28-14)25(32)34-4)16-8-7-9-17(12-16)29-26-30-20(13-35-26)18-10-5-6-11-19(18)27/h5-13,21,23H,1-4H3,(H,29,30). The lowest BCUT2D eigenvalue weighted by atomic mass is 9.75. The number of ether oxygens (including phenoxy) is 2. The normalized spacial score (nSPS) is 17.6. The molecule has 2 aromatic carbocycles. The minimum absolute atomic E-state index is 0.334. The number of carbonyl (C=O) groups is 2. The maximum absolute atomic E-state index is 12.8. The summed E-state index contributed by atoms with van der Waals surface area (Å²) in [6, 6.07) is 15.1. The van der Waals surface area contributed by atoms with Crippen molar-refractivity contribution in [3.8, 4) is 11.3 Å². The first-order chi connectivity index (χ1) is 16.8. The van der Waals surface area contributed by atoms with Gasteiger partial charge in [-0.05, 0) is 37.6 Å². The molecule has 7 nitrogen and oxygen atoms in total. The van der Waals surface area contributed by atoms with Gasteiger partial charge in [-0.15, -0.1) is 11.3 Å². The molecule has 1 aliphatic heterocycles. The van der Waals surface area contributed by atoms with Gasteiger partial charge in [0.1, 0.15) is 5.92 Å². The highest BCUT2D eigenvalue weighted by molar-refractivity contribution is 7.14. The van der Waals surface area contributed by atoms with E-state index in [1.54, 1.807) is 13.8 Å². The van der Waals surface area contributed by atoms with Crippen molar-refractivity contribution in [1.29, 1.82) is 0 Å². The number of allylic oxidation sites excluding steroid dienone is 1. The number of hydrogen-bond donors (Lipinski definition) is 1. The van der Waals surface area contributed by atoms with E-state index in [1.807, 2.05) is 53.9 Å². The molecule has 0 saturated heterocycles. The van der Waals surface area contributed by atoms with Crippen LogP contribution in [0.4, 0.5) is 10.8 Å². The lowest BCUT2D eigenvalue weighted by molar-refractivity contribution is -0.143. The van der Waals surface area contributed by atoms with E-state index in [1.165, 1.54) is 25.6 Å². The fraction of sp³-hybridized carbons (Fsp3) is 0.231. The van der Waals surface area contributed by atoms with Gasteiger partial charge in [-0.2, -0.15) is 0 Å². The van der Waals surface area contributed by atoms with Crippen molar-refractivity contribution < 1.29 is 19.1 Å². The van der Waals surface area contributed by atoms with Gasteiger partial charge in [0.25, 0.3) is 0 Å². The van der Waals surface area contributed by atoms with Crippen LogP contribution in [-0.2, 0) is 19.1 Å². The number of nitrogens with zero attached hydrogens (tertiary/aromatic N) is 2. The maximum atomic E-state index is 12.8. The summed E-state index contributed by atoms with van der Waals surface area (Å²) in [6.07, 6.45) is 0. The van der Waals surface area contributed by atoms with Gasteiger partial charge in [0.2, 0.25) is 0 Å². The Balaban J connectivity index is 1.70. The summed E-state index contributed by atoms with van der Waals surface area (Å²) in [4.78, 5) is 34.6. The van der Waals surface area contributed by atoms with Crippen molar-refractivity contribution in [2.45, 2.75) is 19.8 Å². The highest BCUT2D eigenvalue weighted by Crippen LogP contribution is 2.41. The Morgan fingerprint density at radius 2 is 1.83 bits per heavy atom. The Morgan fingerprint density at radius 1 is 1.06 bits per heavy atom. The molecule has 1 N–H and O–H groups in total. The molecule has 2 heterocycles. The van der Waals surface area contributed by atoms with E-state index >= 15 is 0 Å². The van der Waals surface area contributed by atoms with Crippen molar-refractivity contribution >= 4 is 51.4 Å². The zero-order valence-electron chi connectivity index (χ0n) is 19.7. The van der Waals surface area contributed by atoms with Crippen molar-refractivity contribution in [2.24, 2.45) is 10.9 Å². The highest BCUT2D eigenvalue weighted by atomic mass is 35.5. The number of halogens is 1. The molecule has 0 radical (unpaired) electrons. The molecule has 3 aromatic rings. The SMILES string of the molecule is COC(=O)C1=C(C)N=C(C)C(C(=O)OC)C1c1cccc(Nc2nc(-c3ccccc3Cl)cs2)c1. The number of aliphatic imine (C=N–C) groups is 1. The van der Waals surface area contributed by atoms with Crippen LogP contribution in [-0.4, -0.2) is 36.9 Å². The average molecular weight is 510 g/mol. The van der Waals surface area contributed by atoms with Crippen LogP contribution < -0.4 is 5.32 Å². The average Bonchev–Trinajstić information content (AvgIpc) is 3.31. The molecule has 35 heavy (non-hydrogen) atoms. The lowest BCUT2D eigenvalue weighted by Gasteiger charge is -2.31. The Morgan fingerprint density at radius 3 is 2.54 bits per heavy atom. The van der Waals surface area contributed by atoms with Crippen LogP contribution >= 0.6 is 22.9 Å². The van der Waals surface area contributed by atoms with Gasteiger partial charge >= 0.3 is 11.9 Å². The monoisotopic (exact) mass is 509 g/mol. The van der Waals surface area contributed by atoms with Crippen molar-refractivity contribution in [2.75, 3.05) is 19.5 Å². The molecular weight excluding hydrogens is 486 g/mol.